The SMILES string of the molecule is CC(C)n1ncnc1COc1ccc2c(c1)[C@@H](O)CCC2. The van der Waals surface area contributed by atoms with Gasteiger partial charge in [-0.25, -0.2) is 9.67 Å². The lowest BCUT2D eigenvalue weighted by molar-refractivity contribution is 0.156. The number of ether oxygens (including phenoxy) is 1. The summed E-state index contributed by atoms with van der Waals surface area (Å²) < 4.78 is 7.68. The fourth-order valence-corrected chi connectivity index (χ4v) is 2.80. The van der Waals surface area contributed by atoms with Gasteiger partial charge in [0.1, 0.15) is 18.7 Å². The molecule has 0 fully saturated rings. The highest BCUT2D eigenvalue weighted by Crippen LogP contribution is 2.32. The first kappa shape index (κ1) is 14.1. The molecule has 112 valence electrons. The highest BCUT2D eigenvalue weighted by atomic mass is 16.5. The molecular formula is C16H21N3O2. The minimum atomic E-state index is -0.364. The summed E-state index contributed by atoms with van der Waals surface area (Å²) in [5, 5.41) is 14.3. The molecule has 2 aromatic rings. The lowest BCUT2D eigenvalue weighted by Gasteiger charge is -2.22. The molecule has 1 heterocycles. The maximum Gasteiger partial charge on any atom is 0.165 e. The zero-order valence-electron chi connectivity index (χ0n) is 12.5. The van der Waals surface area contributed by atoms with Gasteiger partial charge in [0.25, 0.3) is 0 Å². The fraction of sp³-hybridized carbons (Fsp3) is 0.500. The summed E-state index contributed by atoms with van der Waals surface area (Å²) in [5.74, 6) is 1.58. The van der Waals surface area contributed by atoms with Crippen LogP contribution in [0.5, 0.6) is 5.75 Å². The molecule has 0 radical (unpaired) electrons. The third kappa shape index (κ3) is 2.93. The van der Waals surface area contributed by atoms with Crippen LogP contribution in [0.4, 0.5) is 0 Å². The molecule has 0 aliphatic heterocycles. The van der Waals surface area contributed by atoms with Crippen LogP contribution in [-0.4, -0.2) is 19.9 Å². The Morgan fingerprint density at radius 3 is 3.10 bits per heavy atom. The van der Waals surface area contributed by atoms with Gasteiger partial charge in [-0.3, -0.25) is 0 Å². The molecule has 0 amide bonds. The Hall–Kier alpha value is -1.88. The summed E-state index contributed by atoms with van der Waals surface area (Å²) in [6, 6.07) is 6.24. The number of aliphatic hydroxyl groups is 1. The molecule has 0 unspecified atom stereocenters. The maximum absolute atomic E-state index is 10.1. The minimum absolute atomic E-state index is 0.261. The summed E-state index contributed by atoms with van der Waals surface area (Å²) in [6.45, 7) is 4.51. The largest absolute Gasteiger partial charge is 0.486 e. The van der Waals surface area contributed by atoms with E-state index in [-0.39, 0.29) is 12.1 Å². The van der Waals surface area contributed by atoms with E-state index >= 15 is 0 Å². The van der Waals surface area contributed by atoms with Gasteiger partial charge >= 0.3 is 0 Å². The van der Waals surface area contributed by atoms with Crippen LogP contribution in [0.15, 0.2) is 24.5 Å². The minimum Gasteiger partial charge on any atom is -0.486 e. The van der Waals surface area contributed by atoms with E-state index in [4.69, 9.17) is 4.74 Å². The molecule has 1 aliphatic carbocycles. The van der Waals surface area contributed by atoms with Crippen molar-refractivity contribution in [3.8, 4) is 5.75 Å². The number of aromatic nitrogens is 3. The van der Waals surface area contributed by atoms with Crippen LogP contribution in [0.2, 0.25) is 0 Å². The number of aliphatic hydroxyl groups excluding tert-OH is 1. The fourth-order valence-electron chi connectivity index (χ4n) is 2.80. The number of hydrogen-bond donors (Lipinski definition) is 1. The van der Waals surface area contributed by atoms with Gasteiger partial charge in [-0.2, -0.15) is 5.10 Å². The molecule has 1 atom stereocenters. The zero-order valence-corrected chi connectivity index (χ0v) is 12.5. The molecule has 21 heavy (non-hydrogen) atoms. The highest BCUT2D eigenvalue weighted by molar-refractivity contribution is 5.38. The van der Waals surface area contributed by atoms with Gasteiger partial charge in [-0.15, -0.1) is 0 Å². The number of nitrogens with zero attached hydrogens (tertiary/aromatic N) is 3. The van der Waals surface area contributed by atoms with E-state index in [1.807, 2.05) is 16.8 Å². The van der Waals surface area contributed by atoms with E-state index in [1.54, 1.807) is 6.33 Å². The molecule has 5 heteroatoms. The van der Waals surface area contributed by atoms with Crippen LogP contribution in [0.1, 0.15) is 55.8 Å². The Morgan fingerprint density at radius 1 is 1.43 bits per heavy atom. The summed E-state index contributed by atoms with van der Waals surface area (Å²) in [4.78, 5) is 4.23. The predicted octanol–water partition coefficient (Wildman–Crippen LogP) is 2.81. The van der Waals surface area contributed by atoms with Crippen molar-refractivity contribution in [3.63, 3.8) is 0 Å². The second-order valence-corrected chi connectivity index (χ2v) is 5.77. The normalized spacial score (nSPS) is 17.8. The van der Waals surface area contributed by atoms with Crippen LogP contribution in [-0.2, 0) is 13.0 Å². The van der Waals surface area contributed by atoms with Crippen molar-refractivity contribution in [2.75, 3.05) is 0 Å². The third-order valence-corrected chi connectivity index (χ3v) is 3.90. The van der Waals surface area contributed by atoms with Crippen LogP contribution in [0, 0.1) is 0 Å². The van der Waals surface area contributed by atoms with Crippen molar-refractivity contribution in [1.29, 1.82) is 0 Å². The molecule has 1 aliphatic rings. The first-order valence-electron chi connectivity index (χ1n) is 7.47. The summed E-state index contributed by atoms with van der Waals surface area (Å²) in [6.07, 6.45) is 4.10. The van der Waals surface area contributed by atoms with Crippen molar-refractivity contribution in [3.05, 3.63) is 41.5 Å². The number of hydrogen-bond acceptors (Lipinski definition) is 4. The van der Waals surface area contributed by atoms with Crippen molar-refractivity contribution in [2.24, 2.45) is 0 Å². The summed E-state index contributed by atoms with van der Waals surface area (Å²) in [5.41, 5.74) is 2.23. The topological polar surface area (TPSA) is 60.2 Å². The lowest BCUT2D eigenvalue weighted by atomic mass is 9.89. The monoisotopic (exact) mass is 287 g/mol. The third-order valence-electron chi connectivity index (χ3n) is 3.90. The predicted molar refractivity (Wildman–Crippen MR) is 79.1 cm³/mol. The average molecular weight is 287 g/mol. The maximum atomic E-state index is 10.1. The molecular weight excluding hydrogens is 266 g/mol. The first-order chi connectivity index (χ1) is 10.1. The van der Waals surface area contributed by atoms with E-state index in [1.165, 1.54) is 5.56 Å². The van der Waals surface area contributed by atoms with Gasteiger partial charge in [0.05, 0.1) is 6.10 Å². The number of fused-ring (bicyclic) bond motifs is 1. The molecule has 3 rings (SSSR count). The number of aryl methyl sites for hydroxylation is 1. The van der Waals surface area contributed by atoms with Crippen LogP contribution in [0.25, 0.3) is 0 Å². The Kier molecular flexibility index (Phi) is 3.92. The highest BCUT2D eigenvalue weighted by Gasteiger charge is 2.18. The lowest BCUT2D eigenvalue weighted by Crippen LogP contribution is -2.12. The Balaban J connectivity index is 1.74. The van der Waals surface area contributed by atoms with Crippen LogP contribution in [0.3, 0.4) is 0 Å². The number of rotatable bonds is 4. The zero-order chi connectivity index (χ0) is 14.8. The van der Waals surface area contributed by atoms with Gasteiger partial charge in [0, 0.05) is 6.04 Å². The van der Waals surface area contributed by atoms with E-state index in [0.717, 1.165) is 36.4 Å². The first-order valence-corrected chi connectivity index (χ1v) is 7.47. The van der Waals surface area contributed by atoms with Gasteiger partial charge in [-0.05, 0) is 56.4 Å². The smallest absolute Gasteiger partial charge is 0.165 e. The average Bonchev–Trinajstić information content (AvgIpc) is 2.94. The molecule has 0 spiro atoms. The molecule has 1 aromatic heterocycles. The molecule has 0 saturated heterocycles. The van der Waals surface area contributed by atoms with Crippen molar-refractivity contribution in [2.45, 2.75) is 51.9 Å². The quantitative estimate of drug-likeness (QED) is 0.939. The molecule has 1 aromatic carbocycles. The van der Waals surface area contributed by atoms with Gasteiger partial charge in [-0.1, -0.05) is 6.07 Å². The van der Waals surface area contributed by atoms with E-state index in [2.05, 4.69) is 30.0 Å². The van der Waals surface area contributed by atoms with Gasteiger partial charge in [0.2, 0.25) is 0 Å². The second kappa shape index (κ2) is 5.85. The van der Waals surface area contributed by atoms with E-state index in [9.17, 15) is 5.11 Å². The summed E-state index contributed by atoms with van der Waals surface area (Å²) in [7, 11) is 0. The molecule has 0 saturated carbocycles. The Labute approximate surface area is 124 Å². The second-order valence-electron chi connectivity index (χ2n) is 5.77. The summed E-state index contributed by atoms with van der Waals surface area (Å²) >= 11 is 0. The Bertz CT molecular complexity index is 622. The van der Waals surface area contributed by atoms with Crippen LogP contribution < -0.4 is 4.74 Å². The van der Waals surface area contributed by atoms with Crippen molar-refractivity contribution in [1.82, 2.24) is 14.8 Å². The Morgan fingerprint density at radius 2 is 2.29 bits per heavy atom. The molecule has 0 bridgehead atoms. The molecule has 5 nitrogen and oxygen atoms in total. The number of benzene rings is 1. The molecule has 1 N–H and O–H groups in total. The van der Waals surface area contributed by atoms with Gasteiger partial charge < -0.3 is 9.84 Å². The standard InChI is InChI=1S/C16H21N3O2/c1-11(2)19-16(17-10-18-19)9-21-13-7-6-12-4-3-5-15(20)14(12)8-13/h6-8,10-11,15,20H,3-5,9H2,1-2H3/t15-/m0/s1. The van der Waals surface area contributed by atoms with E-state index < -0.39 is 0 Å². The van der Waals surface area contributed by atoms with E-state index in [0.29, 0.717) is 6.61 Å². The van der Waals surface area contributed by atoms with Crippen molar-refractivity contribution < 1.29 is 9.84 Å². The van der Waals surface area contributed by atoms with Crippen LogP contribution >= 0.6 is 0 Å². The van der Waals surface area contributed by atoms with Gasteiger partial charge in [0.15, 0.2) is 5.82 Å². The van der Waals surface area contributed by atoms with Crippen molar-refractivity contribution >= 4 is 0 Å².